The summed E-state index contributed by atoms with van der Waals surface area (Å²) in [5.41, 5.74) is 5.13. The maximum Gasteiger partial charge on any atom is 0.335 e. The summed E-state index contributed by atoms with van der Waals surface area (Å²) in [4.78, 5) is 21.0. The van der Waals surface area contributed by atoms with Gasteiger partial charge in [-0.15, -0.1) is 0 Å². The summed E-state index contributed by atoms with van der Waals surface area (Å²) in [6.45, 7) is 1.66. The molecular weight excluding hydrogens is 186 g/mol. The standard InChI is InChI=1S/C9H13NO4/c1-6(8(11)12)5-7(9(13)14)3-2-4-10/h3,5H,2,4,10H2,1H3,(H,11,12)(H,13,14). The first-order chi connectivity index (χ1) is 6.49. The molecule has 5 heteroatoms. The van der Waals surface area contributed by atoms with Crippen LogP contribution in [0.4, 0.5) is 0 Å². The van der Waals surface area contributed by atoms with Crippen LogP contribution in [0.25, 0.3) is 0 Å². The largest absolute Gasteiger partial charge is 0.478 e. The van der Waals surface area contributed by atoms with E-state index in [-0.39, 0.29) is 11.1 Å². The lowest BCUT2D eigenvalue weighted by Gasteiger charge is -1.96. The second-order valence-corrected chi connectivity index (χ2v) is 2.67. The van der Waals surface area contributed by atoms with Crippen LogP contribution in [0.2, 0.25) is 0 Å². The molecule has 0 radical (unpaired) electrons. The highest BCUT2D eigenvalue weighted by atomic mass is 16.4. The molecule has 0 fully saturated rings. The number of nitrogens with two attached hydrogens (primary N) is 1. The van der Waals surface area contributed by atoms with Gasteiger partial charge in [0, 0.05) is 5.57 Å². The van der Waals surface area contributed by atoms with Gasteiger partial charge in [-0.05, 0) is 26.0 Å². The van der Waals surface area contributed by atoms with Crippen LogP contribution in [0.3, 0.4) is 0 Å². The first kappa shape index (κ1) is 12.4. The Labute approximate surface area is 81.5 Å². The van der Waals surface area contributed by atoms with E-state index in [4.69, 9.17) is 15.9 Å². The van der Waals surface area contributed by atoms with E-state index in [1.165, 1.54) is 13.0 Å². The number of aliphatic carboxylic acids is 2. The number of hydrogen-bond acceptors (Lipinski definition) is 3. The predicted octanol–water partition coefficient (Wildman–Crippen LogP) is 0.377. The van der Waals surface area contributed by atoms with Crippen molar-refractivity contribution in [3.63, 3.8) is 0 Å². The number of carboxylic acids is 2. The molecule has 0 aromatic rings. The van der Waals surface area contributed by atoms with Crippen molar-refractivity contribution in [3.8, 4) is 0 Å². The fourth-order valence-corrected chi connectivity index (χ4v) is 0.742. The van der Waals surface area contributed by atoms with Crippen molar-refractivity contribution >= 4 is 11.9 Å². The van der Waals surface area contributed by atoms with E-state index in [0.29, 0.717) is 13.0 Å². The van der Waals surface area contributed by atoms with Crippen LogP contribution in [0, 0.1) is 0 Å². The number of hydrogen-bond donors (Lipinski definition) is 3. The number of carbonyl (C=O) groups is 2. The fourth-order valence-electron chi connectivity index (χ4n) is 0.742. The van der Waals surface area contributed by atoms with Gasteiger partial charge in [0.05, 0.1) is 5.57 Å². The normalized spacial score (nSPS) is 12.7. The highest BCUT2D eigenvalue weighted by Gasteiger charge is 2.06. The van der Waals surface area contributed by atoms with E-state index in [1.54, 1.807) is 0 Å². The molecule has 0 spiro atoms. The van der Waals surface area contributed by atoms with Crippen LogP contribution in [0.1, 0.15) is 13.3 Å². The van der Waals surface area contributed by atoms with Crippen molar-refractivity contribution in [2.75, 3.05) is 6.54 Å². The minimum atomic E-state index is -1.15. The summed E-state index contributed by atoms with van der Waals surface area (Å²) in [6.07, 6.45) is 2.92. The molecule has 0 unspecified atom stereocenters. The molecule has 0 saturated carbocycles. The molecule has 0 aromatic heterocycles. The van der Waals surface area contributed by atoms with Gasteiger partial charge < -0.3 is 15.9 Å². The van der Waals surface area contributed by atoms with E-state index in [9.17, 15) is 9.59 Å². The lowest BCUT2D eigenvalue weighted by molar-refractivity contribution is -0.132. The van der Waals surface area contributed by atoms with Gasteiger partial charge in [0.15, 0.2) is 0 Å². The van der Waals surface area contributed by atoms with Gasteiger partial charge in [0.1, 0.15) is 0 Å². The van der Waals surface area contributed by atoms with Gasteiger partial charge in [-0.25, -0.2) is 9.59 Å². The Bertz CT molecular complexity index is 291. The number of rotatable bonds is 5. The van der Waals surface area contributed by atoms with Crippen LogP contribution in [0.5, 0.6) is 0 Å². The van der Waals surface area contributed by atoms with Crippen molar-refractivity contribution in [3.05, 3.63) is 23.3 Å². The zero-order chi connectivity index (χ0) is 11.1. The van der Waals surface area contributed by atoms with Crippen LogP contribution in [0.15, 0.2) is 23.3 Å². The maximum absolute atomic E-state index is 10.6. The number of carboxylic acid groups (broad SMARTS) is 2. The molecule has 0 amide bonds. The molecule has 78 valence electrons. The van der Waals surface area contributed by atoms with Gasteiger partial charge in [-0.2, -0.15) is 0 Å². The van der Waals surface area contributed by atoms with Crippen LogP contribution in [-0.2, 0) is 9.59 Å². The first-order valence-electron chi connectivity index (χ1n) is 4.04. The molecule has 0 aromatic carbocycles. The highest BCUT2D eigenvalue weighted by molar-refractivity contribution is 5.94. The SMILES string of the molecule is CC(=CC(=CCCN)C(=O)O)C(=O)O. The predicted molar refractivity (Wildman–Crippen MR) is 50.8 cm³/mol. The molecule has 0 aliphatic heterocycles. The molecule has 0 saturated heterocycles. The second kappa shape index (κ2) is 5.93. The van der Waals surface area contributed by atoms with Gasteiger partial charge in [0.25, 0.3) is 0 Å². The Morgan fingerprint density at radius 3 is 2.21 bits per heavy atom. The van der Waals surface area contributed by atoms with E-state index in [0.717, 1.165) is 6.08 Å². The van der Waals surface area contributed by atoms with Crippen LogP contribution >= 0.6 is 0 Å². The molecule has 14 heavy (non-hydrogen) atoms. The van der Waals surface area contributed by atoms with E-state index < -0.39 is 11.9 Å². The van der Waals surface area contributed by atoms with E-state index in [2.05, 4.69) is 0 Å². The minimum absolute atomic E-state index is 0.0179. The molecule has 4 N–H and O–H groups in total. The average Bonchev–Trinajstić information content (AvgIpc) is 2.10. The van der Waals surface area contributed by atoms with E-state index in [1.807, 2.05) is 0 Å². The molecule has 0 bridgehead atoms. The fraction of sp³-hybridized carbons (Fsp3) is 0.333. The Kier molecular flexibility index (Phi) is 5.24. The lowest BCUT2D eigenvalue weighted by atomic mass is 10.1. The third-order valence-electron chi connectivity index (χ3n) is 1.49. The molecule has 0 aliphatic rings. The molecular formula is C9H13NO4. The lowest BCUT2D eigenvalue weighted by Crippen LogP contribution is -2.04. The smallest absolute Gasteiger partial charge is 0.335 e. The minimum Gasteiger partial charge on any atom is -0.478 e. The average molecular weight is 199 g/mol. The maximum atomic E-state index is 10.6. The summed E-state index contributed by atoms with van der Waals surface area (Å²) in [6, 6.07) is 0. The third-order valence-corrected chi connectivity index (χ3v) is 1.49. The summed E-state index contributed by atoms with van der Waals surface area (Å²) in [5, 5.41) is 17.2. The molecule has 0 atom stereocenters. The summed E-state index contributed by atoms with van der Waals surface area (Å²) < 4.78 is 0. The Hall–Kier alpha value is -1.62. The second-order valence-electron chi connectivity index (χ2n) is 2.67. The Morgan fingerprint density at radius 2 is 1.86 bits per heavy atom. The first-order valence-corrected chi connectivity index (χ1v) is 4.04. The zero-order valence-electron chi connectivity index (χ0n) is 7.86. The quantitative estimate of drug-likeness (QED) is 0.439. The van der Waals surface area contributed by atoms with E-state index >= 15 is 0 Å². The topological polar surface area (TPSA) is 101 Å². The summed E-state index contributed by atoms with van der Waals surface area (Å²) >= 11 is 0. The highest BCUT2D eigenvalue weighted by Crippen LogP contribution is 2.04. The van der Waals surface area contributed by atoms with Gasteiger partial charge in [-0.3, -0.25) is 0 Å². The summed E-state index contributed by atoms with van der Waals surface area (Å²) in [5.74, 6) is -2.29. The van der Waals surface area contributed by atoms with Crippen molar-refractivity contribution in [2.24, 2.45) is 5.73 Å². The Balaban J connectivity index is 4.77. The third kappa shape index (κ3) is 4.42. The van der Waals surface area contributed by atoms with Crippen molar-refractivity contribution in [2.45, 2.75) is 13.3 Å². The van der Waals surface area contributed by atoms with Crippen molar-refractivity contribution < 1.29 is 19.8 Å². The Morgan fingerprint density at radius 1 is 1.29 bits per heavy atom. The monoisotopic (exact) mass is 199 g/mol. The summed E-state index contributed by atoms with van der Waals surface area (Å²) in [7, 11) is 0. The van der Waals surface area contributed by atoms with Crippen molar-refractivity contribution in [1.82, 2.24) is 0 Å². The van der Waals surface area contributed by atoms with Gasteiger partial charge in [0.2, 0.25) is 0 Å². The molecule has 5 nitrogen and oxygen atoms in total. The van der Waals surface area contributed by atoms with Crippen molar-refractivity contribution in [1.29, 1.82) is 0 Å². The van der Waals surface area contributed by atoms with Crippen LogP contribution in [-0.4, -0.2) is 28.7 Å². The van der Waals surface area contributed by atoms with Gasteiger partial charge in [-0.1, -0.05) is 6.08 Å². The molecule has 0 rings (SSSR count). The molecule has 0 heterocycles. The zero-order valence-corrected chi connectivity index (χ0v) is 7.86. The van der Waals surface area contributed by atoms with Crippen LogP contribution < -0.4 is 5.73 Å². The molecule has 0 aliphatic carbocycles. The van der Waals surface area contributed by atoms with Gasteiger partial charge >= 0.3 is 11.9 Å².